The van der Waals surface area contributed by atoms with Crippen molar-refractivity contribution in [1.82, 2.24) is 9.88 Å². The van der Waals surface area contributed by atoms with Gasteiger partial charge in [-0.25, -0.2) is 9.78 Å². The average Bonchev–Trinajstić information content (AvgIpc) is 3.27. The molecule has 4 rings (SSSR count). The van der Waals surface area contributed by atoms with Gasteiger partial charge < -0.3 is 19.1 Å². The Morgan fingerprint density at radius 1 is 1.09 bits per heavy atom. The predicted octanol–water partition coefficient (Wildman–Crippen LogP) is 3.79. The highest BCUT2D eigenvalue weighted by atomic mass is 32.1. The van der Waals surface area contributed by atoms with Crippen molar-refractivity contribution in [2.45, 2.75) is 19.6 Å². The van der Waals surface area contributed by atoms with Gasteiger partial charge in [-0.15, -0.1) is 11.3 Å². The molecule has 0 spiro atoms. The van der Waals surface area contributed by atoms with Crippen LogP contribution < -0.4 is 4.74 Å². The van der Waals surface area contributed by atoms with Gasteiger partial charge in [-0.05, 0) is 19.1 Å². The molecule has 1 aromatic heterocycles. The molecule has 0 bridgehead atoms. The molecule has 1 unspecified atom stereocenters. The Morgan fingerprint density at radius 3 is 2.53 bits per heavy atom. The lowest BCUT2D eigenvalue weighted by Gasteiger charge is -2.30. The van der Waals surface area contributed by atoms with Crippen molar-refractivity contribution in [2.75, 3.05) is 26.3 Å². The number of esters is 1. The van der Waals surface area contributed by atoms with Crippen LogP contribution >= 0.6 is 11.3 Å². The van der Waals surface area contributed by atoms with Crippen molar-refractivity contribution in [3.05, 3.63) is 81.8 Å². The smallest absolute Gasteiger partial charge is 0.343 e. The van der Waals surface area contributed by atoms with Gasteiger partial charge in [0.15, 0.2) is 0 Å². The Labute approximate surface area is 190 Å². The lowest BCUT2D eigenvalue weighted by molar-refractivity contribution is -0.145. The molecule has 1 aliphatic rings. The lowest BCUT2D eigenvalue weighted by Crippen LogP contribution is -2.44. The minimum atomic E-state index is -1.05. The second-order valence-electron chi connectivity index (χ2n) is 7.28. The topological polar surface area (TPSA) is 78.0 Å². The van der Waals surface area contributed by atoms with Crippen LogP contribution in [0.2, 0.25) is 0 Å². The number of para-hydroxylation sites is 1. The molecule has 32 heavy (non-hydrogen) atoms. The third-order valence-corrected chi connectivity index (χ3v) is 5.85. The minimum Gasteiger partial charge on any atom is -0.486 e. The maximum absolute atomic E-state index is 13.2. The summed E-state index contributed by atoms with van der Waals surface area (Å²) >= 11 is 1.54. The maximum Gasteiger partial charge on any atom is 0.343 e. The number of ether oxygens (including phenoxy) is 3. The Hall–Kier alpha value is -3.23. The van der Waals surface area contributed by atoms with Crippen molar-refractivity contribution in [3.8, 4) is 5.75 Å². The fourth-order valence-electron chi connectivity index (χ4n) is 3.40. The normalized spacial score (nSPS) is 14.6. The predicted molar refractivity (Wildman–Crippen MR) is 120 cm³/mol. The van der Waals surface area contributed by atoms with Gasteiger partial charge in [0.05, 0.1) is 23.9 Å². The molecule has 1 aliphatic heterocycles. The van der Waals surface area contributed by atoms with Gasteiger partial charge in [-0.2, -0.15) is 0 Å². The van der Waals surface area contributed by atoms with E-state index in [0.717, 1.165) is 10.7 Å². The van der Waals surface area contributed by atoms with Crippen LogP contribution in [-0.4, -0.2) is 48.1 Å². The molecule has 2 heterocycles. The zero-order valence-electron chi connectivity index (χ0n) is 17.7. The van der Waals surface area contributed by atoms with Crippen LogP contribution in [0.5, 0.6) is 5.75 Å². The zero-order valence-corrected chi connectivity index (χ0v) is 18.5. The van der Waals surface area contributed by atoms with Crippen molar-refractivity contribution in [1.29, 1.82) is 0 Å². The Kier molecular flexibility index (Phi) is 7.14. The van der Waals surface area contributed by atoms with Crippen LogP contribution in [0.1, 0.15) is 32.7 Å². The van der Waals surface area contributed by atoms with Crippen molar-refractivity contribution in [3.63, 3.8) is 0 Å². The molecule has 2 aromatic carbocycles. The van der Waals surface area contributed by atoms with Gasteiger partial charge >= 0.3 is 5.97 Å². The number of nitrogens with zero attached hydrogens (tertiary/aromatic N) is 2. The van der Waals surface area contributed by atoms with E-state index in [1.165, 1.54) is 11.3 Å². The standard InChI is InChI=1S/C24H24N2O5S/c1-17-25-19(16-32-17)15-30-21-10-6-5-9-20(21)24(28)31-22(18-7-3-2-4-8-18)23(27)26-11-13-29-14-12-26/h2-10,16,22H,11-15H2,1H3. The number of rotatable bonds is 7. The van der Waals surface area contributed by atoms with Gasteiger partial charge in [0.1, 0.15) is 17.9 Å². The number of aromatic nitrogens is 1. The molecule has 166 valence electrons. The Morgan fingerprint density at radius 2 is 1.81 bits per heavy atom. The Balaban J connectivity index is 1.53. The molecular formula is C24H24N2O5S. The van der Waals surface area contributed by atoms with Crippen LogP contribution in [-0.2, 0) is 20.9 Å². The van der Waals surface area contributed by atoms with Crippen molar-refractivity contribution in [2.24, 2.45) is 0 Å². The van der Waals surface area contributed by atoms with Crippen molar-refractivity contribution >= 4 is 23.2 Å². The molecule has 7 nitrogen and oxygen atoms in total. The number of morpholine rings is 1. The average molecular weight is 453 g/mol. The van der Waals surface area contributed by atoms with E-state index in [4.69, 9.17) is 14.2 Å². The summed E-state index contributed by atoms with van der Waals surface area (Å²) in [6.07, 6.45) is -1.05. The molecule has 1 amide bonds. The third-order valence-electron chi connectivity index (χ3n) is 5.02. The summed E-state index contributed by atoms with van der Waals surface area (Å²) in [6, 6.07) is 15.9. The first-order chi connectivity index (χ1) is 15.6. The van der Waals surface area contributed by atoms with E-state index in [2.05, 4.69) is 4.98 Å². The highest BCUT2D eigenvalue weighted by Gasteiger charge is 2.31. The molecule has 3 aromatic rings. The molecule has 1 saturated heterocycles. The lowest BCUT2D eigenvalue weighted by atomic mass is 10.1. The summed E-state index contributed by atoms with van der Waals surface area (Å²) in [5.41, 5.74) is 1.67. The van der Waals surface area contributed by atoms with E-state index in [-0.39, 0.29) is 18.1 Å². The number of benzene rings is 2. The SMILES string of the molecule is Cc1nc(COc2ccccc2C(=O)OC(C(=O)N2CCOCC2)c2ccccc2)cs1. The first kappa shape index (κ1) is 22.0. The molecule has 0 aliphatic carbocycles. The minimum absolute atomic E-state index is 0.240. The molecule has 0 saturated carbocycles. The highest BCUT2D eigenvalue weighted by molar-refractivity contribution is 7.09. The van der Waals surface area contributed by atoms with Crippen LogP contribution in [0.25, 0.3) is 0 Å². The van der Waals surface area contributed by atoms with Crippen LogP contribution in [0.4, 0.5) is 0 Å². The van der Waals surface area contributed by atoms with Gasteiger partial charge in [-0.1, -0.05) is 42.5 Å². The Bertz CT molecular complexity index is 1060. The highest BCUT2D eigenvalue weighted by Crippen LogP contribution is 2.26. The summed E-state index contributed by atoms with van der Waals surface area (Å²) in [5, 5.41) is 2.87. The molecule has 1 fully saturated rings. The summed E-state index contributed by atoms with van der Waals surface area (Å²) in [5.74, 6) is -0.497. The molecule has 0 radical (unpaired) electrons. The number of aryl methyl sites for hydroxylation is 1. The van der Waals surface area contributed by atoms with Crippen LogP contribution in [0.3, 0.4) is 0 Å². The number of amides is 1. The van der Waals surface area contributed by atoms with E-state index >= 15 is 0 Å². The van der Waals surface area contributed by atoms with Crippen molar-refractivity contribution < 1.29 is 23.8 Å². The summed E-state index contributed by atoms with van der Waals surface area (Å²) in [7, 11) is 0. The quantitative estimate of drug-likeness (QED) is 0.508. The molecule has 1 atom stereocenters. The number of hydrogen-bond donors (Lipinski definition) is 0. The van der Waals surface area contributed by atoms with Crippen LogP contribution in [0, 0.1) is 6.92 Å². The summed E-state index contributed by atoms with van der Waals surface area (Å²) in [6.45, 7) is 4.03. The largest absolute Gasteiger partial charge is 0.486 e. The van der Waals surface area contributed by atoms with E-state index in [1.807, 2.05) is 30.5 Å². The molecule has 8 heteroatoms. The number of carbonyl (C=O) groups excluding carboxylic acids is 2. The van der Waals surface area contributed by atoms with Gasteiger partial charge in [0.25, 0.3) is 5.91 Å². The van der Waals surface area contributed by atoms with Gasteiger partial charge in [0, 0.05) is 24.0 Å². The fourth-order valence-corrected chi connectivity index (χ4v) is 3.99. The fraction of sp³-hybridized carbons (Fsp3) is 0.292. The number of thiazole rings is 1. The number of carbonyl (C=O) groups is 2. The van der Waals surface area contributed by atoms with E-state index < -0.39 is 12.1 Å². The number of hydrogen-bond acceptors (Lipinski definition) is 7. The van der Waals surface area contributed by atoms with E-state index in [1.54, 1.807) is 41.3 Å². The second kappa shape index (κ2) is 10.4. The maximum atomic E-state index is 13.2. The third kappa shape index (κ3) is 5.33. The first-order valence-corrected chi connectivity index (χ1v) is 11.2. The monoisotopic (exact) mass is 452 g/mol. The van der Waals surface area contributed by atoms with Crippen LogP contribution in [0.15, 0.2) is 60.0 Å². The second-order valence-corrected chi connectivity index (χ2v) is 8.34. The van der Waals surface area contributed by atoms with E-state index in [9.17, 15) is 9.59 Å². The summed E-state index contributed by atoms with van der Waals surface area (Å²) < 4.78 is 17.0. The van der Waals surface area contributed by atoms with E-state index in [0.29, 0.717) is 37.6 Å². The zero-order chi connectivity index (χ0) is 22.3. The summed E-state index contributed by atoms with van der Waals surface area (Å²) in [4.78, 5) is 32.4. The first-order valence-electron chi connectivity index (χ1n) is 10.4. The van der Waals surface area contributed by atoms with Gasteiger partial charge in [0.2, 0.25) is 6.10 Å². The molecular weight excluding hydrogens is 428 g/mol. The van der Waals surface area contributed by atoms with Gasteiger partial charge in [-0.3, -0.25) is 4.79 Å². The molecule has 0 N–H and O–H groups in total.